The molecule has 8 nitrogen and oxygen atoms in total. The molecule has 1 aliphatic heterocycles. The fourth-order valence-electron chi connectivity index (χ4n) is 2.66. The van der Waals surface area contributed by atoms with E-state index in [4.69, 9.17) is 4.52 Å². The number of likely N-dealkylation sites (N-methyl/N-ethyl adjacent to an activating group) is 1. The number of sulfonamides is 1. The van der Waals surface area contributed by atoms with Crippen molar-refractivity contribution in [2.45, 2.75) is 23.9 Å². The van der Waals surface area contributed by atoms with Gasteiger partial charge in [0.05, 0.1) is 12.1 Å². The minimum Gasteiger partial charge on any atom is -0.338 e. The van der Waals surface area contributed by atoms with Gasteiger partial charge in [-0.2, -0.15) is 9.71 Å². The first-order valence-corrected chi connectivity index (χ1v) is 9.38. The van der Waals surface area contributed by atoms with Crippen molar-refractivity contribution >= 4 is 22.4 Å². The SMILES string of the molecule is CC(NS(=O)(=O)c1ccccc1F)c1nc(C2CNCCN2C)no1.Cl. The monoisotopic (exact) mass is 405 g/mol. The molecule has 0 spiro atoms. The Bertz CT molecular complexity index is 847. The van der Waals surface area contributed by atoms with Crippen LogP contribution in [0.5, 0.6) is 0 Å². The van der Waals surface area contributed by atoms with Crippen LogP contribution in [0.15, 0.2) is 33.7 Å². The van der Waals surface area contributed by atoms with E-state index in [-0.39, 0.29) is 24.3 Å². The van der Waals surface area contributed by atoms with Gasteiger partial charge in [-0.1, -0.05) is 17.3 Å². The van der Waals surface area contributed by atoms with Crippen LogP contribution < -0.4 is 10.0 Å². The second kappa shape index (κ2) is 8.40. The lowest BCUT2D eigenvalue weighted by atomic mass is 10.2. The Labute approximate surface area is 157 Å². The molecule has 1 aromatic carbocycles. The van der Waals surface area contributed by atoms with Crippen LogP contribution in [0.2, 0.25) is 0 Å². The third-order valence-corrected chi connectivity index (χ3v) is 5.67. The molecule has 2 N–H and O–H groups in total. The van der Waals surface area contributed by atoms with E-state index in [0.717, 1.165) is 19.2 Å². The second-order valence-corrected chi connectivity index (χ2v) is 7.65. The van der Waals surface area contributed by atoms with Crippen LogP contribution in [-0.4, -0.2) is 50.1 Å². The van der Waals surface area contributed by atoms with Crippen LogP contribution in [0, 0.1) is 5.82 Å². The van der Waals surface area contributed by atoms with E-state index >= 15 is 0 Å². The van der Waals surface area contributed by atoms with E-state index in [1.807, 2.05) is 7.05 Å². The molecule has 144 valence electrons. The minimum atomic E-state index is -4.04. The Hall–Kier alpha value is -1.59. The van der Waals surface area contributed by atoms with Crippen LogP contribution in [-0.2, 0) is 10.0 Å². The number of benzene rings is 1. The fourth-order valence-corrected chi connectivity index (χ4v) is 3.94. The highest BCUT2D eigenvalue weighted by Crippen LogP contribution is 2.21. The molecule has 0 aliphatic carbocycles. The Kier molecular flexibility index (Phi) is 6.69. The molecule has 0 radical (unpaired) electrons. The summed E-state index contributed by atoms with van der Waals surface area (Å²) in [6, 6.07) is 4.35. The van der Waals surface area contributed by atoms with Gasteiger partial charge in [0.15, 0.2) is 5.82 Å². The largest absolute Gasteiger partial charge is 0.338 e. The summed E-state index contributed by atoms with van der Waals surface area (Å²) in [5.74, 6) is -0.196. The number of hydrogen-bond donors (Lipinski definition) is 2. The summed E-state index contributed by atoms with van der Waals surface area (Å²) in [5.41, 5.74) is 0. The number of piperazine rings is 1. The average Bonchev–Trinajstić information content (AvgIpc) is 3.05. The predicted molar refractivity (Wildman–Crippen MR) is 94.9 cm³/mol. The highest BCUT2D eigenvalue weighted by atomic mass is 35.5. The summed E-state index contributed by atoms with van der Waals surface area (Å²) in [4.78, 5) is 5.98. The minimum absolute atomic E-state index is 0. The summed E-state index contributed by atoms with van der Waals surface area (Å²) >= 11 is 0. The molecule has 2 atom stereocenters. The lowest BCUT2D eigenvalue weighted by Gasteiger charge is -2.30. The molecule has 2 heterocycles. The zero-order valence-corrected chi connectivity index (χ0v) is 16.0. The maximum Gasteiger partial charge on any atom is 0.244 e. The molecular formula is C15H21ClFN5O3S. The first kappa shape index (κ1) is 20.7. The van der Waals surface area contributed by atoms with Crippen LogP contribution in [0.3, 0.4) is 0 Å². The van der Waals surface area contributed by atoms with Gasteiger partial charge in [0, 0.05) is 19.6 Å². The number of halogens is 2. The van der Waals surface area contributed by atoms with E-state index in [9.17, 15) is 12.8 Å². The average molecular weight is 406 g/mol. The van der Waals surface area contributed by atoms with Crippen molar-refractivity contribution in [2.24, 2.45) is 0 Å². The van der Waals surface area contributed by atoms with E-state index < -0.39 is 26.8 Å². The molecule has 0 saturated carbocycles. The van der Waals surface area contributed by atoms with Gasteiger partial charge in [-0.25, -0.2) is 12.8 Å². The van der Waals surface area contributed by atoms with Crippen LogP contribution in [0.1, 0.15) is 30.7 Å². The molecule has 1 saturated heterocycles. The van der Waals surface area contributed by atoms with Gasteiger partial charge in [0.2, 0.25) is 15.9 Å². The van der Waals surface area contributed by atoms with Crippen molar-refractivity contribution in [1.82, 2.24) is 25.1 Å². The Balaban J connectivity index is 0.00000243. The Morgan fingerprint density at radius 2 is 2.15 bits per heavy atom. The van der Waals surface area contributed by atoms with E-state index in [1.165, 1.54) is 18.2 Å². The molecule has 2 aromatic rings. The predicted octanol–water partition coefficient (Wildman–Crippen LogP) is 1.25. The highest BCUT2D eigenvalue weighted by molar-refractivity contribution is 7.89. The molecule has 1 aliphatic rings. The normalized spacial score (nSPS) is 19.7. The first-order chi connectivity index (χ1) is 11.9. The third kappa shape index (κ3) is 4.38. The van der Waals surface area contributed by atoms with Crippen molar-refractivity contribution in [3.8, 4) is 0 Å². The van der Waals surface area contributed by atoms with Crippen molar-refractivity contribution in [3.05, 3.63) is 41.8 Å². The maximum atomic E-state index is 13.7. The van der Waals surface area contributed by atoms with Crippen LogP contribution >= 0.6 is 12.4 Å². The Morgan fingerprint density at radius 3 is 2.85 bits per heavy atom. The topological polar surface area (TPSA) is 100 Å². The molecule has 3 rings (SSSR count). The number of nitrogens with one attached hydrogen (secondary N) is 2. The van der Waals surface area contributed by atoms with Crippen molar-refractivity contribution in [2.75, 3.05) is 26.7 Å². The number of rotatable bonds is 5. The number of hydrogen-bond acceptors (Lipinski definition) is 7. The van der Waals surface area contributed by atoms with Crippen molar-refractivity contribution in [1.29, 1.82) is 0 Å². The van der Waals surface area contributed by atoms with Gasteiger partial charge in [-0.15, -0.1) is 12.4 Å². The van der Waals surface area contributed by atoms with Gasteiger partial charge in [-0.05, 0) is 26.1 Å². The van der Waals surface area contributed by atoms with E-state index in [0.29, 0.717) is 12.4 Å². The molecule has 11 heteroatoms. The van der Waals surface area contributed by atoms with E-state index in [1.54, 1.807) is 6.92 Å². The first-order valence-electron chi connectivity index (χ1n) is 7.90. The van der Waals surface area contributed by atoms with Gasteiger partial charge in [-0.3, -0.25) is 4.90 Å². The fraction of sp³-hybridized carbons (Fsp3) is 0.467. The van der Waals surface area contributed by atoms with Crippen LogP contribution in [0.4, 0.5) is 4.39 Å². The summed E-state index contributed by atoms with van der Waals surface area (Å²) in [5, 5.41) is 7.21. The molecule has 0 bridgehead atoms. The van der Waals surface area contributed by atoms with Crippen LogP contribution in [0.25, 0.3) is 0 Å². The summed E-state index contributed by atoms with van der Waals surface area (Å²) in [7, 11) is -2.08. The van der Waals surface area contributed by atoms with Gasteiger partial charge >= 0.3 is 0 Å². The quantitative estimate of drug-likeness (QED) is 0.771. The van der Waals surface area contributed by atoms with Crippen molar-refractivity contribution < 1.29 is 17.3 Å². The Morgan fingerprint density at radius 1 is 1.42 bits per heavy atom. The lowest BCUT2D eigenvalue weighted by Crippen LogP contribution is -2.44. The highest BCUT2D eigenvalue weighted by Gasteiger charge is 2.28. The van der Waals surface area contributed by atoms with Gasteiger partial charge in [0.25, 0.3) is 0 Å². The number of nitrogens with zero attached hydrogens (tertiary/aromatic N) is 3. The van der Waals surface area contributed by atoms with E-state index in [2.05, 4.69) is 25.1 Å². The summed E-state index contributed by atoms with van der Waals surface area (Å²) < 4.78 is 46.0. The summed E-state index contributed by atoms with van der Waals surface area (Å²) in [6.07, 6.45) is 0. The zero-order valence-electron chi connectivity index (χ0n) is 14.3. The molecule has 1 aromatic heterocycles. The second-order valence-electron chi connectivity index (χ2n) is 5.96. The zero-order chi connectivity index (χ0) is 18.0. The molecule has 0 amide bonds. The van der Waals surface area contributed by atoms with Gasteiger partial charge in [0.1, 0.15) is 10.7 Å². The smallest absolute Gasteiger partial charge is 0.244 e. The van der Waals surface area contributed by atoms with Crippen molar-refractivity contribution in [3.63, 3.8) is 0 Å². The molecule has 2 unspecified atom stereocenters. The number of aromatic nitrogens is 2. The summed E-state index contributed by atoms with van der Waals surface area (Å²) in [6.45, 7) is 3.99. The third-order valence-electron chi connectivity index (χ3n) is 4.10. The molecular weight excluding hydrogens is 385 g/mol. The van der Waals surface area contributed by atoms with Gasteiger partial charge < -0.3 is 9.84 Å². The standard InChI is InChI=1S/C15H20FN5O3S.ClH/c1-10(20-25(22,23)13-6-4-3-5-11(13)16)15-18-14(19-24-15)12-9-17-7-8-21(12)2;/h3-6,10,12,17,20H,7-9H2,1-2H3;1H. The lowest BCUT2D eigenvalue weighted by molar-refractivity contribution is 0.190. The molecule has 26 heavy (non-hydrogen) atoms. The molecule has 1 fully saturated rings. The maximum absolute atomic E-state index is 13.7.